The Balaban J connectivity index is 1.48. The summed E-state index contributed by atoms with van der Waals surface area (Å²) in [6.45, 7) is 12.2. The summed E-state index contributed by atoms with van der Waals surface area (Å²) in [5.74, 6) is -1.00. The first-order valence-corrected chi connectivity index (χ1v) is 12.2. The largest absolute Gasteiger partial charge is 0.494 e. The molecule has 10 heteroatoms. The molecule has 2 atom stereocenters. The summed E-state index contributed by atoms with van der Waals surface area (Å²) < 4.78 is 34.8. The van der Waals surface area contributed by atoms with Crippen LogP contribution in [-0.2, 0) is 20.8 Å². The molecule has 1 fully saturated rings. The summed E-state index contributed by atoms with van der Waals surface area (Å²) in [5, 5.41) is 17.9. The van der Waals surface area contributed by atoms with E-state index in [9.17, 15) is 14.3 Å². The standard InChI is InChI=1S/C27H33FN4O5/c1-6-18-8-7-9-22(25(18)28)36-19-13-24(33)32(15-19)21(12-17(2)3)26(34)29-23-10-11-31(30-23)14-20-16-35-27(4,5)37-20/h6-11,13,15,17,20-21,33H,1,12,14,16H2,2-5H3,(H,29,30,34)/t20-,21+/m1/s1. The van der Waals surface area contributed by atoms with E-state index in [-0.39, 0.29) is 35.3 Å². The topological polar surface area (TPSA) is 99.8 Å². The fraction of sp³-hybridized carbons (Fsp3) is 0.407. The van der Waals surface area contributed by atoms with E-state index in [1.165, 1.54) is 29.0 Å². The van der Waals surface area contributed by atoms with Gasteiger partial charge in [-0.3, -0.25) is 9.48 Å². The van der Waals surface area contributed by atoms with Gasteiger partial charge in [-0.25, -0.2) is 4.39 Å². The van der Waals surface area contributed by atoms with E-state index in [1.54, 1.807) is 29.1 Å². The van der Waals surface area contributed by atoms with Crippen LogP contribution in [0.25, 0.3) is 6.08 Å². The third kappa shape index (κ3) is 6.39. The second kappa shape index (κ2) is 10.8. The lowest BCUT2D eigenvalue weighted by Crippen LogP contribution is -2.27. The van der Waals surface area contributed by atoms with Crippen molar-refractivity contribution in [3.63, 3.8) is 0 Å². The Morgan fingerprint density at radius 1 is 1.41 bits per heavy atom. The summed E-state index contributed by atoms with van der Waals surface area (Å²) in [7, 11) is 0. The minimum absolute atomic E-state index is 0.00928. The van der Waals surface area contributed by atoms with E-state index in [0.717, 1.165) is 0 Å². The van der Waals surface area contributed by atoms with Gasteiger partial charge < -0.3 is 29.2 Å². The Hall–Kier alpha value is -3.63. The van der Waals surface area contributed by atoms with Crippen LogP contribution in [0.1, 0.15) is 45.7 Å². The number of amides is 1. The van der Waals surface area contributed by atoms with Gasteiger partial charge >= 0.3 is 0 Å². The minimum atomic E-state index is -0.751. The molecule has 1 amide bonds. The van der Waals surface area contributed by atoms with E-state index in [0.29, 0.717) is 31.0 Å². The number of benzene rings is 1. The molecule has 37 heavy (non-hydrogen) atoms. The van der Waals surface area contributed by atoms with Crippen LogP contribution in [0.3, 0.4) is 0 Å². The zero-order chi connectivity index (χ0) is 26.7. The molecule has 9 nitrogen and oxygen atoms in total. The van der Waals surface area contributed by atoms with Crippen molar-refractivity contribution in [2.75, 3.05) is 11.9 Å². The smallest absolute Gasteiger partial charge is 0.248 e. The van der Waals surface area contributed by atoms with Crippen LogP contribution >= 0.6 is 0 Å². The number of halogens is 1. The second-order valence-corrected chi connectivity index (χ2v) is 9.92. The molecule has 0 aliphatic carbocycles. The highest BCUT2D eigenvalue weighted by atomic mass is 19.1. The van der Waals surface area contributed by atoms with E-state index in [1.807, 2.05) is 27.7 Å². The van der Waals surface area contributed by atoms with Crippen molar-refractivity contribution in [3.8, 4) is 17.4 Å². The molecule has 2 N–H and O–H groups in total. The quantitative estimate of drug-likeness (QED) is 0.380. The van der Waals surface area contributed by atoms with Crippen LogP contribution in [-0.4, -0.2) is 43.9 Å². The molecular formula is C27H33FN4O5. The summed E-state index contributed by atoms with van der Waals surface area (Å²) in [6.07, 6.45) is 4.94. The zero-order valence-electron chi connectivity index (χ0n) is 21.5. The Bertz CT molecular complexity index is 1270. The van der Waals surface area contributed by atoms with Crippen LogP contribution in [0.5, 0.6) is 17.4 Å². The van der Waals surface area contributed by atoms with Gasteiger partial charge in [-0.15, -0.1) is 0 Å². The first kappa shape index (κ1) is 26.4. The number of carbonyl (C=O) groups excluding carboxylic acids is 1. The predicted molar refractivity (Wildman–Crippen MR) is 137 cm³/mol. The number of aromatic nitrogens is 3. The Labute approximate surface area is 215 Å². The summed E-state index contributed by atoms with van der Waals surface area (Å²) in [5.41, 5.74) is 0.299. The number of hydrogen-bond acceptors (Lipinski definition) is 6. The molecule has 3 heterocycles. The molecule has 1 aromatic carbocycles. The van der Waals surface area contributed by atoms with Crippen molar-refractivity contribution in [1.29, 1.82) is 0 Å². The fourth-order valence-corrected chi connectivity index (χ4v) is 4.23. The molecule has 0 spiro atoms. The number of nitrogens with one attached hydrogen (secondary N) is 1. The van der Waals surface area contributed by atoms with Crippen molar-refractivity contribution in [2.45, 2.75) is 58.6 Å². The highest BCUT2D eigenvalue weighted by molar-refractivity contribution is 5.93. The Kier molecular flexibility index (Phi) is 7.70. The fourth-order valence-electron chi connectivity index (χ4n) is 4.23. The molecular weight excluding hydrogens is 479 g/mol. The first-order valence-electron chi connectivity index (χ1n) is 12.2. The number of rotatable bonds is 10. The lowest BCUT2D eigenvalue weighted by molar-refractivity contribution is -0.139. The maximum atomic E-state index is 14.6. The molecule has 2 aromatic heterocycles. The zero-order valence-corrected chi connectivity index (χ0v) is 21.5. The SMILES string of the molecule is C=Cc1cccc(Oc2cc(O)n([C@@H](CC(C)C)C(=O)Nc3ccn(C[C@@H]4COC(C)(C)O4)n3)c2)c1F. The van der Waals surface area contributed by atoms with E-state index >= 15 is 0 Å². The third-order valence-corrected chi connectivity index (χ3v) is 5.93. The number of anilines is 1. The van der Waals surface area contributed by atoms with Crippen LogP contribution in [0.4, 0.5) is 10.2 Å². The Morgan fingerprint density at radius 2 is 2.19 bits per heavy atom. The highest BCUT2D eigenvalue weighted by Gasteiger charge is 2.33. The van der Waals surface area contributed by atoms with Crippen LogP contribution in [0, 0.1) is 11.7 Å². The average Bonchev–Trinajstić information content (AvgIpc) is 3.52. The summed E-state index contributed by atoms with van der Waals surface area (Å²) in [6, 6.07) is 7.00. The predicted octanol–water partition coefficient (Wildman–Crippen LogP) is 5.34. The lowest BCUT2D eigenvalue weighted by atomic mass is 10.0. The normalized spacial score (nSPS) is 17.6. The molecule has 198 valence electrons. The van der Waals surface area contributed by atoms with Gasteiger partial charge in [-0.05, 0) is 32.3 Å². The van der Waals surface area contributed by atoms with Gasteiger partial charge in [0.05, 0.1) is 19.3 Å². The number of nitrogens with zero attached hydrogens (tertiary/aromatic N) is 3. The number of hydrogen-bond donors (Lipinski definition) is 2. The third-order valence-electron chi connectivity index (χ3n) is 5.93. The molecule has 1 saturated heterocycles. The van der Waals surface area contributed by atoms with Gasteiger partial charge in [-0.1, -0.05) is 38.6 Å². The average molecular weight is 513 g/mol. The van der Waals surface area contributed by atoms with Crippen LogP contribution in [0.2, 0.25) is 0 Å². The van der Waals surface area contributed by atoms with Crippen LogP contribution in [0.15, 0.2) is 49.3 Å². The number of carbonyl (C=O) groups is 1. The van der Waals surface area contributed by atoms with Crippen molar-refractivity contribution in [3.05, 3.63) is 60.7 Å². The van der Waals surface area contributed by atoms with Crippen molar-refractivity contribution in [1.82, 2.24) is 14.3 Å². The molecule has 1 aliphatic rings. The molecule has 0 bridgehead atoms. The maximum Gasteiger partial charge on any atom is 0.248 e. The Morgan fingerprint density at radius 3 is 2.86 bits per heavy atom. The van der Waals surface area contributed by atoms with Gasteiger partial charge in [-0.2, -0.15) is 5.10 Å². The second-order valence-electron chi connectivity index (χ2n) is 9.92. The molecule has 3 aromatic rings. The van der Waals surface area contributed by atoms with Gasteiger partial charge in [0.25, 0.3) is 0 Å². The molecule has 0 saturated carbocycles. The van der Waals surface area contributed by atoms with Gasteiger partial charge in [0.1, 0.15) is 17.9 Å². The monoisotopic (exact) mass is 512 g/mol. The van der Waals surface area contributed by atoms with Crippen molar-refractivity contribution < 1.29 is 28.5 Å². The van der Waals surface area contributed by atoms with Crippen LogP contribution < -0.4 is 10.1 Å². The van der Waals surface area contributed by atoms with Gasteiger partial charge in [0.2, 0.25) is 5.91 Å². The van der Waals surface area contributed by atoms with Gasteiger partial charge in [0, 0.05) is 23.9 Å². The number of aromatic hydroxyl groups is 1. The molecule has 1 aliphatic heterocycles. The molecule has 0 unspecified atom stereocenters. The molecule has 0 radical (unpaired) electrons. The van der Waals surface area contributed by atoms with Crippen molar-refractivity contribution in [2.24, 2.45) is 5.92 Å². The highest BCUT2D eigenvalue weighted by Crippen LogP contribution is 2.34. The van der Waals surface area contributed by atoms with Crippen molar-refractivity contribution >= 4 is 17.8 Å². The van der Waals surface area contributed by atoms with E-state index < -0.39 is 17.6 Å². The van der Waals surface area contributed by atoms with Gasteiger partial charge in [0.15, 0.2) is 29.1 Å². The number of ether oxygens (including phenoxy) is 3. The summed E-state index contributed by atoms with van der Waals surface area (Å²) in [4.78, 5) is 13.3. The summed E-state index contributed by atoms with van der Waals surface area (Å²) >= 11 is 0. The maximum absolute atomic E-state index is 14.6. The molecule has 4 rings (SSSR count). The van der Waals surface area contributed by atoms with E-state index in [2.05, 4.69) is 17.0 Å². The lowest BCUT2D eigenvalue weighted by Gasteiger charge is -2.20. The minimum Gasteiger partial charge on any atom is -0.494 e. The van der Waals surface area contributed by atoms with E-state index in [4.69, 9.17) is 14.2 Å². The first-order chi connectivity index (χ1) is 17.5.